The average molecular weight is 153 g/mol. The molecule has 2 rings (SSSR count). The molecule has 0 bridgehead atoms. The zero-order chi connectivity index (χ0) is 7.73. The fourth-order valence-electron chi connectivity index (χ4n) is 2.81. The molecule has 0 radical (unpaired) electrons. The summed E-state index contributed by atoms with van der Waals surface area (Å²) in [6.45, 7) is 5.01. The van der Waals surface area contributed by atoms with Crippen molar-refractivity contribution in [3.8, 4) is 0 Å². The molecule has 2 fully saturated rings. The van der Waals surface area contributed by atoms with Gasteiger partial charge in [-0.25, -0.2) is 0 Å². The lowest BCUT2D eigenvalue weighted by Gasteiger charge is -2.30. The maximum atomic E-state index is 3.49. The maximum absolute atomic E-state index is 3.49. The van der Waals surface area contributed by atoms with Crippen molar-refractivity contribution in [3.63, 3.8) is 0 Å². The van der Waals surface area contributed by atoms with E-state index in [1.165, 1.54) is 45.2 Å². The standard InChI is InChI=1S/C10H19N/c1-10(6-7-11-8-10)9-4-2-3-5-9/h9,11H,2-8H2,1H3. The Morgan fingerprint density at radius 1 is 1.27 bits per heavy atom. The van der Waals surface area contributed by atoms with E-state index >= 15 is 0 Å². The molecule has 0 amide bonds. The molecule has 1 N–H and O–H groups in total. The van der Waals surface area contributed by atoms with Crippen LogP contribution >= 0.6 is 0 Å². The number of hydrogen-bond donors (Lipinski definition) is 1. The van der Waals surface area contributed by atoms with Gasteiger partial charge in [0.15, 0.2) is 0 Å². The summed E-state index contributed by atoms with van der Waals surface area (Å²) in [7, 11) is 0. The number of nitrogens with one attached hydrogen (secondary N) is 1. The third kappa shape index (κ3) is 1.31. The smallest absolute Gasteiger partial charge is 0.000829 e. The molecule has 0 aromatic heterocycles. The van der Waals surface area contributed by atoms with E-state index in [4.69, 9.17) is 0 Å². The van der Waals surface area contributed by atoms with Crippen LogP contribution in [0.4, 0.5) is 0 Å². The molecule has 1 saturated carbocycles. The van der Waals surface area contributed by atoms with Gasteiger partial charge in [-0.3, -0.25) is 0 Å². The molecule has 2 aliphatic rings. The summed E-state index contributed by atoms with van der Waals surface area (Å²) in [5.41, 5.74) is 0.663. The van der Waals surface area contributed by atoms with E-state index in [-0.39, 0.29) is 0 Å². The highest BCUT2D eigenvalue weighted by Crippen LogP contribution is 2.43. The predicted octanol–water partition coefficient (Wildman–Crippen LogP) is 2.18. The topological polar surface area (TPSA) is 12.0 Å². The van der Waals surface area contributed by atoms with Gasteiger partial charge in [0, 0.05) is 6.54 Å². The summed E-state index contributed by atoms with van der Waals surface area (Å²) in [5, 5.41) is 3.49. The van der Waals surface area contributed by atoms with Gasteiger partial charge in [-0.05, 0) is 37.1 Å². The molecule has 0 aromatic carbocycles. The summed E-state index contributed by atoms with van der Waals surface area (Å²) in [4.78, 5) is 0. The van der Waals surface area contributed by atoms with Gasteiger partial charge in [0.1, 0.15) is 0 Å². The van der Waals surface area contributed by atoms with Crippen molar-refractivity contribution >= 4 is 0 Å². The lowest BCUT2D eigenvalue weighted by molar-refractivity contribution is 0.217. The molecule has 1 saturated heterocycles. The van der Waals surface area contributed by atoms with E-state index in [0.717, 1.165) is 5.92 Å². The Hall–Kier alpha value is -0.0400. The number of hydrogen-bond acceptors (Lipinski definition) is 1. The van der Waals surface area contributed by atoms with E-state index in [2.05, 4.69) is 12.2 Å². The van der Waals surface area contributed by atoms with Crippen LogP contribution in [-0.4, -0.2) is 13.1 Å². The molecule has 1 heteroatoms. The molecular formula is C10H19N. The largest absolute Gasteiger partial charge is 0.316 e. The molecular weight excluding hydrogens is 134 g/mol. The van der Waals surface area contributed by atoms with Crippen LogP contribution in [0.1, 0.15) is 39.0 Å². The maximum Gasteiger partial charge on any atom is 0.000829 e. The second-order valence-electron chi connectivity index (χ2n) is 4.56. The van der Waals surface area contributed by atoms with Crippen molar-refractivity contribution in [1.29, 1.82) is 0 Å². The monoisotopic (exact) mass is 153 g/mol. The highest BCUT2D eigenvalue weighted by molar-refractivity contribution is 4.91. The van der Waals surface area contributed by atoms with Gasteiger partial charge < -0.3 is 5.32 Å². The molecule has 64 valence electrons. The van der Waals surface area contributed by atoms with Crippen LogP contribution in [0.5, 0.6) is 0 Å². The molecule has 11 heavy (non-hydrogen) atoms. The first-order valence-corrected chi connectivity index (χ1v) is 5.02. The average Bonchev–Trinajstić information content (AvgIpc) is 2.55. The Labute approximate surface area is 69.6 Å². The van der Waals surface area contributed by atoms with Crippen LogP contribution < -0.4 is 5.32 Å². The zero-order valence-corrected chi connectivity index (χ0v) is 7.53. The minimum atomic E-state index is 0.663. The van der Waals surface area contributed by atoms with E-state index in [9.17, 15) is 0 Å². The summed E-state index contributed by atoms with van der Waals surface area (Å²) in [6.07, 6.45) is 7.38. The zero-order valence-electron chi connectivity index (χ0n) is 7.53. The SMILES string of the molecule is CC1(C2CCCC2)CCNC1. The highest BCUT2D eigenvalue weighted by Gasteiger charge is 2.37. The molecule has 1 unspecified atom stereocenters. The van der Waals surface area contributed by atoms with Crippen LogP contribution in [0.15, 0.2) is 0 Å². The highest BCUT2D eigenvalue weighted by atomic mass is 14.9. The van der Waals surface area contributed by atoms with Crippen LogP contribution in [0, 0.1) is 11.3 Å². The first kappa shape index (κ1) is 7.60. The second kappa shape index (κ2) is 2.78. The van der Waals surface area contributed by atoms with Gasteiger partial charge >= 0.3 is 0 Å². The number of rotatable bonds is 1. The van der Waals surface area contributed by atoms with Crippen LogP contribution in [0.3, 0.4) is 0 Å². The van der Waals surface area contributed by atoms with Crippen molar-refractivity contribution in [3.05, 3.63) is 0 Å². The fourth-order valence-corrected chi connectivity index (χ4v) is 2.81. The van der Waals surface area contributed by atoms with Crippen LogP contribution in [0.2, 0.25) is 0 Å². The van der Waals surface area contributed by atoms with Crippen molar-refractivity contribution in [2.75, 3.05) is 13.1 Å². The molecule has 1 heterocycles. The van der Waals surface area contributed by atoms with E-state index in [1.54, 1.807) is 0 Å². The summed E-state index contributed by atoms with van der Waals surface area (Å²) < 4.78 is 0. The Kier molecular flexibility index (Phi) is 1.92. The molecule has 1 nitrogen and oxygen atoms in total. The van der Waals surface area contributed by atoms with Gasteiger partial charge in [-0.1, -0.05) is 19.8 Å². The summed E-state index contributed by atoms with van der Waals surface area (Å²) in [6, 6.07) is 0. The summed E-state index contributed by atoms with van der Waals surface area (Å²) >= 11 is 0. The first-order valence-electron chi connectivity index (χ1n) is 5.02. The molecule has 0 spiro atoms. The van der Waals surface area contributed by atoms with Crippen molar-refractivity contribution in [2.45, 2.75) is 39.0 Å². The molecule has 1 atom stereocenters. The third-order valence-corrected chi connectivity index (χ3v) is 3.74. The molecule has 0 aromatic rings. The Balaban J connectivity index is 2.00. The fraction of sp³-hybridized carbons (Fsp3) is 1.00. The predicted molar refractivity (Wildman–Crippen MR) is 47.6 cm³/mol. The van der Waals surface area contributed by atoms with Crippen molar-refractivity contribution in [1.82, 2.24) is 5.32 Å². The van der Waals surface area contributed by atoms with E-state index in [0.29, 0.717) is 5.41 Å². The second-order valence-corrected chi connectivity index (χ2v) is 4.56. The third-order valence-electron chi connectivity index (χ3n) is 3.74. The Morgan fingerprint density at radius 2 is 2.00 bits per heavy atom. The van der Waals surface area contributed by atoms with Crippen molar-refractivity contribution in [2.24, 2.45) is 11.3 Å². The van der Waals surface area contributed by atoms with Gasteiger partial charge in [0.25, 0.3) is 0 Å². The minimum absolute atomic E-state index is 0.663. The Bertz CT molecular complexity index is 130. The first-order chi connectivity index (χ1) is 5.31. The molecule has 1 aliphatic heterocycles. The van der Waals surface area contributed by atoms with Crippen molar-refractivity contribution < 1.29 is 0 Å². The van der Waals surface area contributed by atoms with Gasteiger partial charge in [-0.15, -0.1) is 0 Å². The Morgan fingerprint density at radius 3 is 2.55 bits per heavy atom. The lowest BCUT2D eigenvalue weighted by atomic mass is 9.75. The van der Waals surface area contributed by atoms with Crippen LogP contribution in [0.25, 0.3) is 0 Å². The van der Waals surface area contributed by atoms with Gasteiger partial charge in [-0.2, -0.15) is 0 Å². The minimum Gasteiger partial charge on any atom is -0.316 e. The van der Waals surface area contributed by atoms with E-state index < -0.39 is 0 Å². The molecule has 1 aliphatic carbocycles. The van der Waals surface area contributed by atoms with E-state index in [1.807, 2.05) is 0 Å². The quantitative estimate of drug-likeness (QED) is 0.609. The van der Waals surface area contributed by atoms with Gasteiger partial charge in [0.2, 0.25) is 0 Å². The van der Waals surface area contributed by atoms with Gasteiger partial charge in [0.05, 0.1) is 0 Å². The van der Waals surface area contributed by atoms with Crippen LogP contribution in [-0.2, 0) is 0 Å². The summed E-state index contributed by atoms with van der Waals surface area (Å²) in [5.74, 6) is 1.04. The normalized spacial score (nSPS) is 40.1. The lowest BCUT2D eigenvalue weighted by Crippen LogP contribution is -2.27.